The molecule has 1 aromatic rings. The summed E-state index contributed by atoms with van der Waals surface area (Å²) in [5.41, 5.74) is 1.59. The van der Waals surface area contributed by atoms with Crippen LogP contribution < -0.4 is 4.74 Å². The number of rotatable bonds is 0. The van der Waals surface area contributed by atoms with Crippen LogP contribution in [0.25, 0.3) is 0 Å². The Bertz CT molecular complexity index is 671. The molecule has 1 saturated heterocycles. The molecule has 2 heterocycles. The Morgan fingerprint density at radius 3 is 2.95 bits per heavy atom. The van der Waals surface area contributed by atoms with Crippen LogP contribution in [-0.4, -0.2) is 46.5 Å². The van der Waals surface area contributed by atoms with Crippen molar-refractivity contribution in [2.24, 2.45) is 5.92 Å². The van der Waals surface area contributed by atoms with E-state index in [2.05, 4.69) is 18.0 Å². The summed E-state index contributed by atoms with van der Waals surface area (Å²) in [6.07, 6.45) is 3.63. The van der Waals surface area contributed by atoms with Crippen LogP contribution in [0.5, 0.6) is 11.5 Å². The second-order valence-electron chi connectivity index (χ2n) is 7.99. The van der Waals surface area contributed by atoms with Crippen molar-refractivity contribution in [3.05, 3.63) is 23.3 Å². The number of likely N-dealkylation sites (tertiary alicyclic amines) is 1. The first-order chi connectivity index (χ1) is 10.4. The van der Waals surface area contributed by atoms with Gasteiger partial charge in [-0.3, -0.25) is 0 Å². The van der Waals surface area contributed by atoms with Gasteiger partial charge in [0.1, 0.15) is 6.10 Å². The van der Waals surface area contributed by atoms with Crippen LogP contribution >= 0.6 is 0 Å². The normalized spacial score (nSPS) is 45.3. The van der Waals surface area contributed by atoms with Gasteiger partial charge < -0.3 is 19.8 Å². The van der Waals surface area contributed by atoms with Crippen molar-refractivity contribution in [3.63, 3.8) is 0 Å². The van der Waals surface area contributed by atoms with Gasteiger partial charge in [-0.05, 0) is 63.7 Å². The number of hydrogen-bond donors (Lipinski definition) is 2. The van der Waals surface area contributed by atoms with Crippen molar-refractivity contribution in [2.45, 2.75) is 55.8 Å². The largest absolute Gasteiger partial charge is 0.504 e. The summed E-state index contributed by atoms with van der Waals surface area (Å²) in [7, 11) is 2.22. The minimum absolute atomic E-state index is 0.111. The molecule has 1 spiro atoms. The van der Waals surface area contributed by atoms with E-state index in [1.807, 2.05) is 6.92 Å². The van der Waals surface area contributed by atoms with Crippen LogP contribution in [0.4, 0.5) is 0 Å². The molecule has 2 bridgehead atoms. The minimum atomic E-state index is -0.822. The highest BCUT2D eigenvalue weighted by atomic mass is 16.5. The van der Waals surface area contributed by atoms with E-state index in [1.165, 1.54) is 11.1 Å². The Balaban J connectivity index is 1.82. The molecule has 0 unspecified atom stereocenters. The van der Waals surface area contributed by atoms with E-state index in [9.17, 15) is 10.2 Å². The Kier molecular flexibility index (Phi) is 2.28. The maximum atomic E-state index is 11.0. The third kappa shape index (κ3) is 1.29. The predicted octanol–water partition coefficient (Wildman–Crippen LogP) is 1.81. The summed E-state index contributed by atoms with van der Waals surface area (Å²) < 4.78 is 6.24. The maximum absolute atomic E-state index is 11.0. The molecule has 4 nitrogen and oxygen atoms in total. The predicted molar refractivity (Wildman–Crippen MR) is 82.3 cm³/mol. The SMILES string of the molecule is CN1CC[C@@]23c4c5ccc(O)c4O[C@@H]2[C@](C)(O)CC[C@H]3[C@H]1C5. The zero-order chi connectivity index (χ0) is 15.3. The van der Waals surface area contributed by atoms with E-state index >= 15 is 0 Å². The smallest absolute Gasteiger partial charge is 0.165 e. The average Bonchev–Trinajstić information content (AvgIpc) is 2.83. The highest BCUT2D eigenvalue weighted by Gasteiger charge is 2.67. The molecule has 5 atom stereocenters. The Morgan fingerprint density at radius 2 is 2.14 bits per heavy atom. The lowest BCUT2D eigenvalue weighted by molar-refractivity contribution is -0.148. The Morgan fingerprint density at radius 1 is 1.32 bits per heavy atom. The highest BCUT2D eigenvalue weighted by molar-refractivity contribution is 5.61. The van der Waals surface area contributed by atoms with Crippen LogP contribution in [-0.2, 0) is 11.8 Å². The number of phenols is 1. The molecular weight excluding hydrogens is 278 g/mol. The standard InChI is InChI=1S/C18H23NO3/c1-17(21)6-5-11-12-9-10-3-4-13(20)15-14(10)18(11,16(17)22-15)7-8-19(12)2/h3-4,11-12,16,20-21H,5-9H2,1-2H3/t11-,12+,16+,17+,18+/m0/s1. The summed E-state index contributed by atoms with van der Waals surface area (Å²) in [5.74, 6) is 1.40. The molecule has 2 aliphatic carbocycles. The molecule has 2 N–H and O–H groups in total. The molecule has 2 aliphatic heterocycles. The second kappa shape index (κ2) is 3.80. The van der Waals surface area contributed by atoms with Crippen molar-refractivity contribution >= 4 is 0 Å². The van der Waals surface area contributed by atoms with Crippen LogP contribution in [0.15, 0.2) is 12.1 Å². The van der Waals surface area contributed by atoms with E-state index in [4.69, 9.17) is 4.74 Å². The van der Waals surface area contributed by atoms with Gasteiger partial charge in [0.2, 0.25) is 0 Å². The number of aromatic hydroxyl groups is 1. The number of likely N-dealkylation sites (N-methyl/N-ethyl adjacent to an activating group) is 1. The second-order valence-corrected chi connectivity index (χ2v) is 7.99. The van der Waals surface area contributed by atoms with Gasteiger partial charge in [0, 0.05) is 17.0 Å². The minimum Gasteiger partial charge on any atom is -0.504 e. The van der Waals surface area contributed by atoms with E-state index < -0.39 is 5.60 Å². The highest BCUT2D eigenvalue weighted by Crippen LogP contribution is 2.65. The quantitative estimate of drug-likeness (QED) is 0.767. The summed E-state index contributed by atoms with van der Waals surface area (Å²) in [4.78, 5) is 2.49. The van der Waals surface area contributed by atoms with E-state index in [0.29, 0.717) is 17.7 Å². The molecule has 0 amide bonds. The number of piperidine rings is 1. The van der Waals surface area contributed by atoms with E-state index in [-0.39, 0.29) is 17.3 Å². The lowest BCUT2D eigenvalue weighted by Gasteiger charge is -2.60. The molecular formula is C18H23NO3. The van der Waals surface area contributed by atoms with Gasteiger partial charge in [0.05, 0.1) is 5.60 Å². The Labute approximate surface area is 130 Å². The fourth-order valence-electron chi connectivity index (χ4n) is 6.00. The van der Waals surface area contributed by atoms with E-state index in [0.717, 1.165) is 32.2 Å². The van der Waals surface area contributed by atoms with Crippen molar-refractivity contribution in [3.8, 4) is 11.5 Å². The molecule has 0 aromatic heterocycles. The fourth-order valence-corrected chi connectivity index (χ4v) is 6.00. The first-order valence-electron chi connectivity index (χ1n) is 8.40. The van der Waals surface area contributed by atoms with Gasteiger partial charge >= 0.3 is 0 Å². The lowest BCUT2D eigenvalue weighted by Crippen LogP contribution is -2.69. The van der Waals surface area contributed by atoms with Crippen molar-refractivity contribution in [1.82, 2.24) is 4.90 Å². The number of ether oxygens (including phenoxy) is 1. The molecule has 2 fully saturated rings. The van der Waals surface area contributed by atoms with Crippen molar-refractivity contribution in [2.75, 3.05) is 13.6 Å². The first-order valence-corrected chi connectivity index (χ1v) is 8.40. The van der Waals surface area contributed by atoms with Gasteiger partial charge in [0.25, 0.3) is 0 Å². The molecule has 4 aliphatic rings. The third-order valence-corrected chi connectivity index (χ3v) is 6.92. The monoisotopic (exact) mass is 301 g/mol. The van der Waals surface area contributed by atoms with Crippen LogP contribution in [0, 0.1) is 5.92 Å². The zero-order valence-corrected chi connectivity index (χ0v) is 13.2. The van der Waals surface area contributed by atoms with Gasteiger partial charge in [-0.15, -0.1) is 0 Å². The van der Waals surface area contributed by atoms with Crippen LogP contribution in [0.2, 0.25) is 0 Å². The number of aliphatic hydroxyl groups is 1. The third-order valence-electron chi connectivity index (χ3n) is 6.92. The maximum Gasteiger partial charge on any atom is 0.165 e. The molecule has 4 heteroatoms. The molecule has 1 aromatic carbocycles. The molecule has 22 heavy (non-hydrogen) atoms. The van der Waals surface area contributed by atoms with Crippen LogP contribution in [0.3, 0.4) is 0 Å². The number of benzene rings is 1. The fraction of sp³-hybridized carbons (Fsp3) is 0.667. The summed E-state index contributed by atoms with van der Waals surface area (Å²) in [5, 5.41) is 21.3. The lowest BCUT2D eigenvalue weighted by atomic mass is 9.49. The molecule has 5 rings (SSSR count). The summed E-state index contributed by atoms with van der Waals surface area (Å²) >= 11 is 0. The van der Waals surface area contributed by atoms with Gasteiger partial charge in [-0.2, -0.15) is 0 Å². The van der Waals surface area contributed by atoms with Crippen molar-refractivity contribution < 1.29 is 14.9 Å². The van der Waals surface area contributed by atoms with Gasteiger partial charge in [-0.1, -0.05) is 6.07 Å². The molecule has 1 saturated carbocycles. The first kappa shape index (κ1) is 13.2. The summed E-state index contributed by atoms with van der Waals surface area (Å²) in [6.45, 7) is 2.94. The van der Waals surface area contributed by atoms with Gasteiger partial charge in [0.15, 0.2) is 11.5 Å². The Hall–Kier alpha value is -1.26. The van der Waals surface area contributed by atoms with Gasteiger partial charge in [-0.25, -0.2) is 0 Å². The molecule has 118 valence electrons. The topological polar surface area (TPSA) is 52.9 Å². The number of hydrogen-bond acceptors (Lipinski definition) is 4. The van der Waals surface area contributed by atoms with Crippen molar-refractivity contribution in [1.29, 1.82) is 0 Å². The summed E-state index contributed by atoms with van der Waals surface area (Å²) in [6, 6.07) is 4.35. The van der Waals surface area contributed by atoms with Crippen LogP contribution in [0.1, 0.15) is 37.3 Å². The van der Waals surface area contributed by atoms with E-state index in [1.54, 1.807) is 6.07 Å². The zero-order valence-electron chi connectivity index (χ0n) is 13.2. The average molecular weight is 301 g/mol. The molecule has 0 radical (unpaired) electrons. The number of phenolic OH excluding ortho intramolecular Hbond substituents is 1. The number of nitrogens with zero attached hydrogens (tertiary/aromatic N) is 1.